The maximum Gasteiger partial charge on any atom is 0.335 e. The molecule has 0 aliphatic carbocycles. The van der Waals surface area contributed by atoms with E-state index in [9.17, 15) is 34.5 Å². The van der Waals surface area contributed by atoms with Gasteiger partial charge in [-0.1, -0.05) is 261 Å². The first-order chi connectivity index (χ1) is 37.6. The molecule has 0 bridgehead atoms. The van der Waals surface area contributed by atoms with Crippen LogP contribution in [0.25, 0.3) is 0 Å². The van der Waals surface area contributed by atoms with Gasteiger partial charge in [0.05, 0.1) is 6.61 Å². The number of carboxylic acid groups (broad SMARTS) is 1. The fraction of sp³-hybridized carbons (Fsp3) is 0.785. The Labute approximate surface area is 468 Å². The van der Waals surface area contributed by atoms with Gasteiger partial charge in [-0.15, -0.1) is 0 Å². The predicted molar refractivity (Wildman–Crippen MR) is 312 cm³/mol. The number of rotatable bonds is 53. The summed E-state index contributed by atoms with van der Waals surface area (Å²) >= 11 is 0. The first-order valence-electron chi connectivity index (χ1n) is 31.3. The maximum absolute atomic E-state index is 13.2. The molecule has 0 aromatic heterocycles. The van der Waals surface area contributed by atoms with Crippen molar-refractivity contribution in [3.8, 4) is 0 Å². The van der Waals surface area contributed by atoms with Gasteiger partial charge in [-0.25, -0.2) is 4.79 Å². The third-order valence-electron chi connectivity index (χ3n) is 14.1. The summed E-state index contributed by atoms with van der Waals surface area (Å²) in [4.78, 5) is 51.2. The van der Waals surface area contributed by atoms with Gasteiger partial charge in [0.25, 0.3) is 0 Å². The summed E-state index contributed by atoms with van der Waals surface area (Å²) in [6, 6.07) is 0. The quantitative estimate of drug-likeness (QED) is 0.0228. The van der Waals surface area contributed by atoms with E-state index in [-0.39, 0.29) is 25.9 Å². The minimum atomic E-state index is -1.91. The van der Waals surface area contributed by atoms with Crippen LogP contribution in [-0.2, 0) is 42.9 Å². The number of allylic oxidation sites excluding steroid dienone is 10. The minimum Gasteiger partial charge on any atom is -0.479 e. The Morgan fingerprint density at radius 2 is 0.818 bits per heavy atom. The monoisotopic (exact) mass is 1080 g/mol. The van der Waals surface area contributed by atoms with Crippen molar-refractivity contribution in [3.63, 3.8) is 0 Å². The average molecular weight is 1090 g/mol. The largest absolute Gasteiger partial charge is 0.479 e. The Hall–Kier alpha value is -3.58. The number of carbonyl (C=O) groups is 4. The molecule has 1 saturated heterocycles. The molecule has 6 atom stereocenters. The SMILES string of the molecule is CC/C=C\C/C=C\C/C=C\C/C=C\C/C=C\CCCC(=O)OCC(COC1OC(C(=O)O)C(O)C(O)C1OC(=O)CCCCCCCCCCCCCCC)OC(=O)CCCCCCCCCCCCCCCCCCC. The van der Waals surface area contributed by atoms with E-state index in [0.29, 0.717) is 25.7 Å². The molecule has 1 aliphatic rings. The molecule has 12 nitrogen and oxygen atoms in total. The molecule has 0 radical (unpaired) electrons. The van der Waals surface area contributed by atoms with Crippen molar-refractivity contribution in [2.45, 2.75) is 314 Å². The number of esters is 3. The number of hydrogen-bond acceptors (Lipinski definition) is 11. The van der Waals surface area contributed by atoms with E-state index >= 15 is 0 Å². The van der Waals surface area contributed by atoms with Crippen molar-refractivity contribution >= 4 is 23.9 Å². The summed E-state index contributed by atoms with van der Waals surface area (Å²) in [5.74, 6) is -3.17. The summed E-state index contributed by atoms with van der Waals surface area (Å²) < 4.78 is 28.4. The molecule has 0 aromatic rings. The number of aliphatic carboxylic acids is 1. The lowest BCUT2D eigenvalue weighted by atomic mass is 9.98. The highest BCUT2D eigenvalue weighted by molar-refractivity contribution is 5.74. The highest BCUT2D eigenvalue weighted by Gasteiger charge is 2.50. The Bertz CT molecular complexity index is 1570. The Kier molecular flexibility index (Phi) is 49.2. The molecule has 0 aromatic carbocycles. The van der Waals surface area contributed by atoms with Crippen molar-refractivity contribution in [3.05, 3.63) is 60.8 Å². The van der Waals surface area contributed by atoms with Gasteiger partial charge >= 0.3 is 23.9 Å². The molecular weight excluding hydrogens is 973 g/mol. The van der Waals surface area contributed by atoms with Gasteiger partial charge in [-0.3, -0.25) is 14.4 Å². The molecule has 1 fully saturated rings. The molecule has 0 spiro atoms. The van der Waals surface area contributed by atoms with Gasteiger partial charge in [0.1, 0.15) is 18.8 Å². The number of carbonyl (C=O) groups excluding carboxylic acids is 3. The van der Waals surface area contributed by atoms with Crippen LogP contribution in [0.1, 0.15) is 278 Å². The molecule has 0 amide bonds. The normalized spacial score (nSPS) is 18.4. The standard InChI is InChI=1S/C65H112O12/c1-4-7-10-13-16-19-22-25-27-29-31-34-36-39-42-45-48-51-57(66)73-54-56(75-58(67)52-49-46-43-40-38-35-32-30-28-26-23-20-17-14-11-8-5-2)55-74-65-63(61(70)60(69)62(77-65)64(71)72)76-59(68)53-50-47-44-41-37-33-24-21-18-15-12-9-6-3/h7,10,16,19,25,27,31,34,39,42,56,60-63,65,69-70H,4-6,8-9,11-15,17-18,20-24,26,28-30,32-33,35-38,40-41,43-55H2,1-3H3,(H,71,72)/b10-7-,19-16-,27-25-,34-31-,42-39-. The lowest BCUT2D eigenvalue weighted by Gasteiger charge is -2.40. The van der Waals surface area contributed by atoms with Gasteiger partial charge in [-0.2, -0.15) is 0 Å². The van der Waals surface area contributed by atoms with Crippen LogP contribution in [0.5, 0.6) is 0 Å². The van der Waals surface area contributed by atoms with Gasteiger partial charge in [0.2, 0.25) is 0 Å². The molecule has 3 N–H and O–H groups in total. The lowest BCUT2D eigenvalue weighted by Crippen LogP contribution is -2.61. The topological polar surface area (TPSA) is 175 Å². The molecule has 1 rings (SSSR count). The second-order valence-corrected chi connectivity index (χ2v) is 21.3. The number of aliphatic hydroxyl groups is 2. The van der Waals surface area contributed by atoms with Crippen molar-refractivity contribution < 1.29 is 58.2 Å². The van der Waals surface area contributed by atoms with Crippen LogP contribution in [0, 0.1) is 0 Å². The van der Waals surface area contributed by atoms with E-state index in [0.717, 1.165) is 77.0 Å². The van der Waals surface area contributed by atoms with E-state index < -0.39 is 67.3 Å². The average Bonchev–Trinajstić information content (AvgIpc) is 3.42. The fourth-order valence-corrected chi connectivity index (χ4v) is 9.35. The van der Waals surface area contributed by atoms with E-state index in [1.165, 1.54) is 135 Å². The molecular formula is C65H112O12. The van der Waals surface area contributed by atoms with Crippen molar-refractivity contribution in [2.24, 2.45) is 0 Å². The molecule has 12 heteroatoms. The highest BCUT2D eigenvalue weighted by Crippen LogP contribution is 2.27. The van der Waals surface area contributed by atoms with Crippen LogP contribution in [0.2, 0.25) is 0 Å². The molecule has 1 aliphatic heterocycles. The maximum atomic E-state index is 13.2. The third-order valence-corrected chi connectivity index (χ3v) is 14.1. The second-order valence-electron chi connectivity index (χ2n) is 21.3. The Morgan fingerprint density at radius 3 is 1.23 bits per heavy atom. The molecule has 6 unspecified atom stereocenters. The van der Waals surface area contributed by atoms with E-state index in [4.69, 9.17) is 23.7 Å². The predicted octanol–water partition coefficient (Wildman–Crippen LogP) is 16.3. The molecule has 0 saturated carbocycles. The number of unbranched alkanes of at least 4 members (excludes halogenated alkanes) is 29. The van der Waals surface area contributed by atoms with Crippen LogP contribution in [0.4, 0.5) is 0 Å². The number of carboxylic acids is 1. The van der Waals surface area contributed by atoms with Crippen LogP contribution in [-0.4, -0.2) is 89.2 Å². The highest BCUT2D eigenvalue weighted by atomic mass is 16.7. The number of ether oxygens (including phenoxy) is 5. The van der Waals surface area contributed by atoms with Gasteiger partial charge in [-0.05, 0) is 57.8 Å². The van der Waals surface area contributed by atoms with E-state index in [2.05, 4.69) is 75.5 Å². The first kappa shape index (κ1) is 71.4. The fourth-order valence-electron chi connectivity index (χ4n) is 9.35. The third kappa shape index (κ3) is 43.0. The van der Waals surface area contributed by atoms with Crippen LogP contribution in [0.15, 0.2) is 60.8 Å². The van der Waals surface area contributed by atoms with Crippen molar-refractivity contribution in [1.82, 2.24) is 0 Å². The zero-order chi connectivity index (χ0) is 56.1. The molecule has 77 heavy (non-hydrogen) atoms. The second kappa shape index (κ2) is 53.1. The van der Waals surface area contributed by atoms with Gasteiger partial charge in [0, 0.05) is 19.3 Å². The Balaban J connectivity index is 2.70. The van der Waals surface area contributed by atoms with Crippen LogP contribution < -0.4 is 0 Å². The van der Waals surface area contributed by atoms with Crippen molar-refractivity contribution in [2.75, 3.05) is 13.2 Å². The summed E-state index contributed by atoms with van der Waals surface area (Å²) in [5, 5.41) is 31.5. The smallest absolute Gasteiger partial charge is 0.335 e. The Morgan fingerprint density at radius 1 is 0.442 bits per heavy atom. The van der Waals surface area contributed by atoms with Crippen molar-refractivity contribution in [1.29, 1.82) is 0 Å². The zero-order valence-corrected chi connectivity index (χ0v) is 49.0. The lowest BCUT2D eigenvalue weighted by molar-refractivity contribution is -0.301. The van der Waals surface area contributed by atoms with Crippen LogP contribution in [0.3, 0.4) is 0 Å². The van der Waals surface area contributed by atoms with Gasteiger partial charge in [0.15, 0.2) is 24.6 Å². The van der Waals surface area contributed by atoms with E-state index in [1.54, 1.807) is 0 Å². The van der Waals surface area contributed by atoms with Gasteiger partial charge < -0.3 is 39.0 Å². The summed E-state index contributed by atoms with van der Waals surface area (Å²) in [6.07, 6.45) is 53.4. The number of hydrogen-bond donors (Lipinski definition) is 3. The summed E-state index contributed by atoms with van der Waals surface area (Å²) in [7, 11) is 0. The summed E-state index contributed by atoms with van der Waals surface area (Å²) in [5.41, 5.74) is 0. The summed E-state index contributed by atoms with van der Waals surface area (Å²) in [6.45, 7) is 5.86. The minimum absolute atomic E-state index is 0.0584. The molecule has 1 heterocycles. The number of aliphatic hydroxyl groups excluding tert-OH is 2. The molecule has 444 valence electrons. The first-order valence-corrected chi connectivity index (χ1v) is 31.3. The zero-order valence-electron chi connectivity index (χ0n) is 49.0. The van der Waals surface area contributed by atoms with E-state index in [1.807, 2.05) is 6.08 Å². The van der Waals surface area contributed by atoms with Crippen LogP contribution >= 0.6 is 0 Å².